The maximum Gasteiger partial charge on any atom is 0.280 e. The lowest BCUT2D eigenvalue weighted by atomic mass is 9.80. The van der Waals surface area contributed by atoms with E-state index >= 15 is 0 Å². The number of Topliss-reactive ketones (excluding diaryl/α,β-unsaturated/α-hetero) is 1. The smallest absolute Gasteiger partial charge is 0.280 e. The van der Waals surface area contributed by atoms with Crippen LogP contribution >= 0.6 is 12.4 Å². The average molecular weight is 369 g/mol. The molecule has 0 unspecified atom stereocenters. The molecule has 0 aromatic rings. The molecule has 0 aromatic heterocycles. The van der Waals surface area contributed by atoms with E-state index in [1.807, 2.05) is 0 Å². The zero-order valence-corrected chi connectivity index (χ0v) is 14.5. The summed E-state index contributed by atoms with van der Waals surface area (Å²) in [5.74, 6) is -2.76. The summed E-state index contributed by atoms with van der Waals surface area (Å²) >= 11 is 0. The van der Waals surface area contributed by atoms with Gasteiger partial charge in [0.25, 0.3) is 5.79 Å². The highest BCUT2D eigenvalue weighted by Crippen LogP contribution is 2.40. The van der Waals surface area contributed by atoms with E-state index < -0.39 is 60.5 Å². The molecular weight excluding hydrogens is 344 g/mol. The van der Waals surface area contributed by atoms with Gasteiger partial charge in [0.05, 0.1) is 24.3 Å². The Labute approximate surface area is 146 Å². The molecule has 0 amide bonds. The molecule has 3 rings (SSSR count). The van der Waals surface area contributed by atoms with Crippen molar-refractivity contribution in [1.29, 1.82) is 0 Å². The molecule has 0 bridgehead atoms. The monoisotopic (exact) mass is 368 g/mol. The second-order valence-electron chi connectivity index (χ2n) is 6.40. The van der Waals surface area contributed by atoms with Crippen LogP contribution in [0.15, 0.2) is 0 Å². The molecule has 9 nitrogen and oxygen atoms in total. The maximum atomic E-state index is 12.2. The summed E-state index contributed by atoms with van der Waals surface area (Å²) in [5.41, 5.74) is 0. The first-order chi connectivity index (χ1) is 10.8. The summed E-state index contributed by atoms with van der Waals surface area (Å²) in [6, 6.07) is -1.29. The minimum absolute atomic E-state index is 0. The Morgan fingerprint density at radius 1 is 1.08 bits per heavy atom. The van der Waals surface area contributed by atoms with Crippen molar-refractivity contribution in [2.45, 2.75) is 68.0 Å². The van der Waals surface area contributed by atoms with Crippen molar-refractivity contribution in [2.75, 3.05) is 14.1 Å². The molecule has 1 saturated carbocycles. The number of likely N-dealkylation sites (N-methyl/N-ethyl adjacent to an activating group) is 2. The van der Waals surface area contributed by atoms with Crippen LogP contribution in [0.1, 0.15) is 13.3 Å². The molecule has 10 heteroatoms. The Morgan fingerprint density at radius 2 is 1.71 bits per heavy atom. The zero-order chi connectivity index (χ0) is 16.9. The third-order valence-electron chi connectivity index (χ3n) is 4.93. The first kappa shape index (κ1) is 20.0. The number of hydrogen-bond acceptors (Lipinski definition) is 9. The molecule has 2 aliphatic heterocycles. The van der Waals surface area contributed by atoms with Crippen molar-refractivity contribution in [1.82, 2.24) is 10.6 Å². The van der Waals surface area contributed by atoms with E-state index in [9.17, 15) is 20.1 Å². The summed E-state index contributed by atoms with van der Waals surface area (Å²) in [5, 5.41) is 37.2. The van der Waals surface area contributed by atoms with Crippen LogP contribution in [0.3, 0.4) is 0 Å². The molecular formula is C14H25ClN2O7. The summed E-state index contributed by atoms with van der Waals surface area (Å²) in [7, 11) is 3.24. The number of aliphatic hydroxyl groups is 3. The lowest BCUT2D eigenvalue weighted by Gasteiger charge is -2.55. The number of fused-ring (bicyclic) bond motifs is 2. The lowest BCUT2D eigenvalue weighted by molar-refractivity contribution is -0.420. The van der Waals surface area contributed by atoms with Gasteiger partial charge in [-0.15, -0.1) is 12.4 Å². The number of ketones is 1. The SMILES string of the molecule is CN[C@@H]1[C@H](O)[C@H](NC)[C@H]2O[C@@]3(O)C(=O)C[C@@H](C)O[C@@H]3O[C@@H]2[C@H]1O.Cl. The van der Waals surface area contributed by atoms with E-state index in [1.165, 1.54) is 0 Å². The Morgan fingerprint density at radius 3 is 2.29 bits per heavy atom. The Balaban J connectivity index is 0.00000208. The normalized spacial score (nSPS) is 51.3. The number of nitrogens with one attached hydrogen (secondary N) is 2. The molecule has 9 atom stereocenters. The van der Waals surface area contributed by atoms with E-state index in [1.54, 1.807) is 21.0 Å². The number of hydrogen-bond donors (Lipinski definition) is 5. The number of carbonyl (C=O) groups is 1. The highest BCUT2D eigenvalue weighted by molar-refractivity contribution is 5.87. The molecule has 0 aromatic carbocycles. The third-order valence-corrected chi connectivity index (χ3v) is 4.93. The van der Waals surface area contributed by atoms with Crippen LogP contribution in [0.2, 0.25) is 0 Å². The van der Waals surface area contributed by atoms with Crippen molar-refractivity contribution < 1.29 is 34.3 Å². The van der Waals surface area contributed by atoms with Crippen LogP contribution in [0.4, 0.5) is 0 Å². The number of halogens is 1. The summed E-state index contributed by atoms with van der Waals surface area (Å²) in [4.78, 5) is 12.2. The van der Waals surface area contributed by atoms with E-state index in [0.717, 1.165) is 0 Å². The van der Waals surface area contributed by atoms with Gasteiger partial charge in [0.2, 0.25) is 6.29 Å². The number of rotatable bonds is 2. The Kier molecular flexibility index (Phi) is 5.91. The molecule has 5 N–H and O–H groups in total. The van der Waals surface area contributed by atoms with Crippen LogP contribution < -0.4 is 10.6 Å². The second-order valence-corrected chi connectivity index (χ2v) is 6.40. The third kappa shape index (κ3) is 2.87. The Bertz CT molecular complexity index is 484. The van der Waals surface area contributed by atoms with E-state index in [4.69, 9.17) is 14.2 Å². The predicted octanol–water partition coefficient (Wildman–Crippen LogP) is -2.50. The van der Waals surface area contributed by atoms with Crippen LogP contribution in [0.25, 0.3) is 0 Å². The van der Waals surface area contributed by atoms with Crippen LogP contribution in [0, 0.1) is 0 Å². The molecule has 1 aliphatic carbocycles. The van der Waals surface area contributed by atoms with Crippen molar-refractivity contribution in [2.24, 2.45) is 0 Å². The van der Waals surface area contributed by atoms with E-state index in [0.29, 0.717) is 0 Å². The fraction of sp³-hybridized carbons (Fsp3) is 0.929. The van der Waals surface area contributed by atoms with Gasteiger partial charge >= 0.3 is 0 Å². The zero-order valence-electron chi connectivity index (χ0n) is 13.7. The van der Waals surface area contributed by atoms with Gasteiger partial charge < -0.3 is 40.2 Å². The maximum absolute atomic E-state index is 12.2. The minimum atomic E-state index is -2.23. The van der Waals surface area contributed by atoms with E-state index in [2.05, 4.69) is 10.6 Å². The van der Waals surface area contributed by atoms with E-state index in [-0.39, 0.29) is 18.8 Å². The molecule has 3 aliphatic rings. The van der Waals surface area contributed by atoms with Gasteiger partial charge in [-0.1, -0.05) is 0 Å². The fourth-order valence-electron chi connectivity index (χ4n) is 3.68. The highest BCUT2D eigenvalue weighted by atomic mass is 35.5. The average Bonchev–Trinajstić information content (AvgIpc) is 2.49. The van der Waals surface area contributed by atoms with Gasteiger partial charge in [-0.2, -0.15) is 0 Å². The van der Waals surface area contributed by atoms with Gasteiger partial charge in [-0.3, -0.25) is 4.79 Å². The molecule has 0 spiro atoms. The first-order valence-electron chi connectivity index (χ1n) is 7.78. The van der Waals surface area contributed by atoms with Gasteiger partial charge in [0.15, 0.2) is 5.78 Å². The largest absolute Gasteiger partial charge is 0.390 e. The molecule has 2 heterocycles. The quantitative estimate of drug-likeness (QED) is 0.359. The molecule has 24 heavy (non-hydrogen) atoms. The number of carbonyl (C=O) groups excluding carboxylic acids is 1. The molecule has 0 radical (unpaired) electrons. The van der Waals surface area contributed by atoms with Crippen molar-refractivity contribution >= 4 is 18.2 Å². The summed E-state index contributed by atoms with van der Waals surface area (Å²) in [6.45, 7) is 1.70. The number of aliphatic hydroxyl groups excluding tert-OH is 2. The van der Waals surface area contributed by atoms with Gasteiger partial charge in [0, 0.05) is 6.42 Å². The lowest BCUT2D eigenvalue weighted by Crippen LogP contribution is -2.77. The van der Waals surface area contributed by atoms with Gasteiger partial charge in [-0.05, 0) is 21.0 Å². The fourth-order valence-corrected chi connectivity index (χ4v) is 3.68. The van der Waals surface area contributed by atoms with Gasteiger partial charge in [0.1, 0.15) is 18.3 Å². The minimum Gasteiger partial charge on any atom is -0.390 e. The van der Waals surface area contributed by atoms with Crippen molar-refractivity contribution in [3.05, 3.63) is 0 Å². The van der Waals surface area contributed by atoms with Crippen LogP contribution in [-0.2, 0) is 19.0 Å². The van der Waals surface area contributed by atoms with Gasteiger partial charge in [-0.25, -0.2) is 0 Å². The molecule has 3 fully saturated rings. The summed E-state index contributed by atoms with van der Waals surface area (Å²) < 4.78 is 16.8. The Hall–Kier alpha value is -0.360. The topological polar surface area (TPSA) is 130 Å². The standard InChI is InChI=1S/C14H24N2O7.ClH/c1-5-4-6(17)14(20)13(21-5)22-12-10(19)7(15-2)9(18)8(16-3)11(12)23-14;/h5,7-13,15-16,18-20H,4H2,1-3H3;1H/t5-,7-,8+,9+,10+,11-,12-,13-,14+;/m1./s1. The molecule has 140 valence electrons. The number of ether oxygens (including phenoxy) is 3. The van der Waals surface area contributed by atoms with Crippen LogP contribution in [-0.4, -0.2) is 89.9 Å². The molecule has 2 saturated heterocycles. The predicted molar refractivity (Wildman–Crippen MR) is 83.6 cm³/mol. The van der Waals surface area contributed by atoms with Crippen molar-refractivity contribution in [3.8, 4) is 0 Å². The van der Waals surface area contributed by atoms with Crippen molar-refractivity contribution in [3.63, 3.8) is 0 Å². The van der Waals surface area contributed by atoms with Crippen LogP contribution in [0.5, 0.6) is 0 Å². The highest BCUT2D eigenvalue weighted by Gasteiger charge is 2.63. The first-order valence-corrected chi connectivity index (χ1v) is 7.78. The summed E-state index contributed by atoms with van der Waals surface area (Å²) in [6.07, 6.45) is -5.58. The second kappa shape index (κ2) is 7.10.